The van der Waals surface area contributed by atoms with Crippen molar-refractivity contribution in [1.82, 2.24) is 9.38 Å². The highest BCUT2D eigenvalue weighted by Crippen LogP contribution is 2.26. The number of carbonyl (C=O) groups is 1. The Kier molecular flexibility index (Phi) is 6.63. The fraction of sp³-hybridized carbons (Fsp3) is 0.160. The van der Waals surface area contributed by atoms with Crippen molar-refractivity contribution in [3.63, 3.8) is 0 Å². The zero-order chi connectivity index (χ0) is 24.1. The number of rotatable bonds is 7. The third-order valence-corrected chi connectivity index (χ3v) is 4.96. The van der Waals surface area contributed by atoms with Crippen LogP contribution in [0.4, 0.5) is 16.2 Å². The largest absolute Gasteiger partial charge is 0.497 e. The predicted molar refractivity (Wildman–Crippen MR) is 129 cm³/mol. The lowest BCUT2D eigenvalue weighted by molar-refractivity contribution is 0.262. The first-order chi connectivity index (χ1) is 16.4. The summed E-state index contributed by atoms with van der Waals surface area (Å²) < 4.78 is 17.7. The molecule has 0 aliphatic rings. The van der Waals surface area contributed by atoms with Crippen LogP contribution in [0.2, 0.25) is 0 Å². The third kappa shape index (κ3) is 5.44. The Morgan fingerprint density at radius 2 is 1.62 bits per heavy atom. The lowest BCUT2D eigenvalue weighted by Crippen LogP contribution is -2.19. The molecular weight excluding hydrogens is 436 g/mol. The fourth-order valence-corrected chi connectivity index (χ4v) is 3.32. The van der Waals surface area contributed by atoms with Crippen LogP contribution < -0.4 is 30.4 Å². The van der Waals surface area contributed by atoms with E-state index in [1.165, 1.54) is 24.7 Å². The number of amides is 2. The van der Waals surface area contributed by atoms with Crippen LogP contribution in [-0.4, -0.2) is 29.6 Å². The summed E-state index contributed by atoms with van der Waals surface area (Å²) in [6, 6.07) is 16.7. The summed E-state index contributed by atoms with van der Waals surface area (Å²) in [5.41, 5.74) is 2.96. The molecule has 4 aromatic rings. The number of nitrogens with zero attached hydrogens (tertiary/aromatic N) is 2. The fourth-order valence-electron chi connectivity index (χ4n) is 3.32. The van der Waals surface area contributed by atoms with E-state index in [2.05, 4.69) is 15.6 Å². The van der Waals surface area contributed by atoms with Crippen molar-refractivity contribution in [3.05, 3.63) is 88.5 Å². The maximum atomic E-state index is 12.5. The molecule has 9 heteroatoms. The van der Waals surface area contributed by atoms with E-state index in [-0.39, 0.29) is 12.2 Å². The van der Waals surface area contributed by atoms with Gasteiger partial charge in [0.1, 0.15) is 29.5 Å². The van der Waals surface area contributed by atoms with Crippen LogP contribution >= 0.6 is 0 Å². The highest BCUT2D eigenvalue weighted by atomic mass is 16.5. The van der Waals surface area contributed by atoms with Gasteiger partial charge in [-0.15, -0.1) is 0 Å². The van der Waals surface area contributed by atoms with E-state index in [4.69, 9.17) is 14.2 Å². The molecular formula is C25H24N4O5. The molecule has 0 unspecified atom stereocenters. The van der Waals surface area contributed by atoms with Gasteiger partial charge in [-0.1, -0.05) is 6.07 Å². The molecule has 0 fully saturated rings. The normalized spacial score (nSPS) is 10.6. The van der Waals surface area contributed by atoms with Crippen LogP contribution in [-0.2, 0) is 6.61 Å². The Morgan fingerprint density at radius 1 is 0.912 bits per heavy atom. The average molecular weight is 460 g/mol. The van der Waals surface area contributed by atoms with Gasteiger partial charge in [-0.05, 0) is 36.8 Å². The van der Waals surface area contributed by atoms with E-state index in [0.717, 1.165) is 5.56 Å². The number of aryl methyl sites for hydroxylation is 1. The van der Waals surface area contributed by atoms with Crippen molar-refractivity contribution in [3.8, 4) is 17.2 Å². The summed E-state index contributed by atoms with van der Waals surface area (Å²) in [5.74, 6) is 1.64. The van der Waals surface area contributed by atoms with Crippen LogP contribution in [0.3, 0.4) is 0 Å². The number of pyridine rings is 1. The molecule has 2 aromatic carbocycles. The highest BCUT2D eigenvalue weighted by molar-refractivity contribution is 6.00. The molecule has 2 amide bonds. The molecule has 174 valence electrons. The molecule has 0 atom stereocenters. The second kappa shape index (κ2) is 9.95. The summed E-state index contributed by atoms with van der Waals surface area (Å²) in [5, 5.41) is 5.51. The molecule has 9 nitrogen and oxygen atoms in total. The van der Waals surface area contributed by atoms with Crippen LogP contribution in [0, 0.1) is 6.92 Å². The molecule has 0 aliphatic carbocycles. The number of ether oxygens (including phenoxy) is 3. The number of urea groups is 1. The van der Waals surface area contributed by atoms with Crippen molar-refractivity contribution in [1.29, 1.82) is 0 Å². The average Bonchev–Trinajstić information content (AvgIpc) is 2.82. The number of anilines is 2. The number of hydrogen-bond donors (Lipinski definition) is 2. The Bertz CT molecular complexity index is 1380. The number of fused-ring (bicyclic) bond motifs is 1. The Hall–Kier alpha value is -4.53. The Morgan fingerprint density at radius 3 is 2.35 bits per heavy atom. The molecule has 34 heavy (non-hydrogen) atoms. The zero-order valence-electron chi connectivity index (χ0n) is 19.0. The van der Waals surface area contributed by atoms with Crippen molar-refractivity contribution in [2.45, 2.75) is 13.5 Å². The van der Waals surface area contributed by atoms with E-state index in [1.54, 1.807) is 48.7 Å². The van der Waals surface area contributed by atoms with Crippen LogP contribution in [0.25, 0.3) is 5.65 Å². The molecule has 0 spiro atoms. The second-order valence-electron chi connectivity index (χ2n) is 7.51. The number of benzene rings is 2. The Balaban J connectivity index is 1.42. The van der Waals surface area contributed by atoms with E-state index >= 15 is 0 Å². The topological polar surface area (TPSA) is 103 Å². The van der Waals surface area contributed by atoms with E-state index in [0.29, 0.717) is 40.0 Å². The molecule has 0 saturated heterocycles. The number of carbonyl (C=O) groups excluding carboxylic acids is 1. The monoisotopic (exact) mass is 460 g/mol. The van der Waals surface area contributed by atoms with Gasteiger partial charge in [0.2, 0.25) is 0 Å². The quantitative estimate of drug-likeness (QED) is 0.428. The van der Waals surface area contributed by atoms with Gasteiger partial charge < -0.3 is 24.8 Å². The molecule has 0 aliphatic heterocycles. The zero-order valence-corrected chi connectivity index (χ0v) is 19.0. The second-order valence-corrected chi connectivity index (χ2v) is 7.51. The van der Waals surface area contributed by atoms with Crippen LogP contribution in [0.15, 0.2) is 71.7 Å². The van der Waals surface area contributed by atoms with E-state index in [1.807, 2.05) is 19.1 Å². The summed E-state index contributed by atoms with van der Waals surface area (Å²) in [7, 11) is 3.07. The molecule has 0 radical (unpaired) electrons. The van der Waals surface area contributed by atoms with Crippen LogP contribution in [0.5, 0.6) is 17.2 Å². The smallest absolute Gasteiger partial charge is 0.323 e. The van der Waals surface area contributed by atoms with Gasteiger partial charge >= 0.3 is 6.03 Å². The third-order valence-electron chi connectivity index (χ3n) is 4.96. The maximum absolute atomic E-state index is 12.5. The molecule has 0 saturated carbocycles. The Labute approximate surface area is 195 Å². The lowest BCUT2D eigenvalue weighted by Gasteiger charge is -2.12. The van der Waals surface area contributed by atoms with Gasteiger partial charge in [0, 0.05) is 47.9 Å². The highest BCUT2D eigenvalue weighted by Gasteiger charge is 2.08. The molecule has 2 aromatic heterocycles. The minimum absolute atomic E-state index is 0.110. The first-order valence-corrected chi connectivity index (χ1v) is 10.5. The van der Waals surface area contributed by atoms with Crippen LogP contribution in [0.1, 0.15) is 11.3 Å². The predicted octanol–water partition coefficient (Wildman–Crippen LogP) is 4.24. The first-order valence-electron chi connectivity index (χ1n) is 10.5. The van der Waals surface area contributed by atoms with E-state index in [9.17, 15) is 9.59 Å². The lowest BCUT2D eigenvalue weighted by atomic mass is 10.2. The number of aromatic nitrogens is 2. The summed E-state index contributed by atoms with van der Waals surface area (Å²) in [4.78, 5) is 29.3. The number of nitrogens with one attached hydrogen (secondary N) is 2. The van der Waals surface area contributed by atoms with Gasteiger partial charge in [-0.2, -0.15) is 0 Å². The SMILES string of the molecule is COc1cc(NC(=O)Nc2cccc(OCc3cc(=O)n4ccc(C)cc4n3)c2)cc(OC)c1. The van der Waals surface area contributed by atoms with Crippen molar-refractivity contribution in [2.75, 3.05) is 24.9 Å². The minimum Gasteiger partial charge on any atom is -0.497 e. The summed E-state index contributed by atoms with van der Waals surface area (Å²) in [6.07, 6.45) is 1.70. The van der Waals surface area contributed by atoms with Crippen molar-refractivity contribution >= 4 is 23.1 Å². The van der Waals surface area contributed by atoms with Crippen molar-refractivity contribution in [2.24, 2.45) is 0 Å². The standard InChI is InChI=1S/C25H24N4O5/c1-16-7-8-29-23(9-16)26-19(13-24(29)30)15-34-20-6-4-5-17(10-20)27-25(31)28-18-11-21(32-2)14-22(12-18)33-3/h4-14H,15H2,1-3H3,(H2,27,28,31). The summed E-state index contributed by atoms with van der Waals surface area (Å²) >= 11 is 0. The maximum Gasteiger partial charge on any atom is 0.323 e. The minimum atomic E-state index is -0.438. The number of hydrogen-bond acceptors (Lipinski definition) is 6. The molecule has 2 heterocycles. The van der Waals surface area contributed by atoms with Gasteiger partial charge in [0.25, 0.3) is 5.56 Å². The van der Waals surface area contributed by atoms with Crippen molar-refractivity contribution < 1.29 is 19.0 Å². The van der Waals surface area contributed by atoms with Gasteiger partial charge in [0.05, 0.1) is 19.9 Å². The molecule has 2 N–H and O–H groups in total. The first kappa shape index (κ1) is 22.7. The molecule has 0 bridgehead atoms. The van der Waals surface area contributed by atoms with Gasteiger partial charge in [-0.3, -0.25) is 9.20 Å². The van der Waals surface area contributed by atoms with Gasteiger partial charge in [-0.25, -0.2) is 9.78 Å². The molecule has 4 rings (SSSR count). The van der Waals surface area contributed by atoms with Gasteiger partial charge in [0.15, 0.2) is 0 Å². The van der Waals surface area contributed by atoms with E-state index < -0.39 is 6.03 Å². The summed E-state index contributed by atoms with van der Waals surface area (Å²) in [6.45, 7) is 2.05. The number of methoxy groups -OCH3 is 2.